The number of nitrogens with two attached hydrogens (primary N) is 1. The SMILES string of the molecule is N[C@@H]1CCCC[C@H]1NC(=O)COc1cccc(Cl)c1. The van der Waals surface area contributed by atoms with Crippen LogP contribution in [0.15, 0.2) is 24.3 Å². The van der Waals surface area contributed by atoms with Crippen molar-refractivity contribution in [3.63, 3.8) is 0 Å². The van der Waals surface area contributed by atoms with Gasteiger partial charge in [0.2, 0.25) is 0 Å². The van der Waals surface area contributed by atoms with Crippen molar-refractivity contribution in [2.45, 2.75) is 37.8 Å². The highest BCUT2D eigenvalue weighted by Gasteiger charge is 2.23. The molecule has 0 bridgehead atoms. The van der Waals surface area contributed by atoms with E-state index in [1.54, 1.807) is 24.3 Å². The predicted molar refractivity (Wildman–Crippen MR) is 75.3 cm³/mol. The summed E-state index contributed by atoms with van der Waals surface area (Å²) in [5.41, 5.74) is 5.98. The van der Waals surface area contributed by atoms with E-state index in [4.69, 9.17) is 22.1 Å². The van der Waals surface area contributed by atoms with Gasteiger partial charge in [-0.25, -0.2) is 0 Å². The molecule has 0 heterocycles. The van der Waals surface area contributed by atoms with Crippen LogP contribution in [0.4, 0.5) is 0 Å². The van der Waals surface area contributed by atoms with Crippen LogP contribution in [-0.4, -0.2) is 24.6 Å². The second kappa shape index (κ2) is 6.78. The smallest absolute Gasteiger partial charge is 0.258 e. The summed E-state index contributed by atoms with van der Waals surface area (Å²) >= 11 is 5.84. The largest absolute Gasteiger partial charge is 0.484 e. The maximum absolute atomic E-state index is 11.8. The molecule has 1 amide bonds. The first-order valence-corrected chi connectivity index (χ1v) is 6.96. The van der Waals surface area contributed by atoms with Gasteiger partial charge in [0.05, 0.1) is 0 Å². The number of rotatable bonds is 4. The average molecular weight is 283 g/mol. The lowest BCUT2D eigenvalue weighted by atomic mass is 9.91. The van der Waals surface area contributed by atoms with Gasteiger partial charge in [-0.3, -0.25) is 4.79 Å². The minimum atomic E-state index is -0.137. The fraction of sp³-hybridized carbons (Fsp3) is 0.500. The van der Waals surface area contributed by atoms with Gasteiger partial charge in [-0.1, -0.05) is 30.5 Å². The maximum atomic E-state index is 11.8. The lowest BCUT2D eigenvalue weighted by Crippen LogP contribution is -2.50. The van der Waals surface area contributed by atoms with Gasteiger partial charge in [0.1, 0.15) is 5.75 Å². The number of nitrogens with one attached hydrogen (secondary N) is 1. The molecule has 2 rings (SSSR count). The van der Waals surface area contributed by atoms with E-state index in [9.17, 15) is 4.79 Å². The summed E-state index contributed by atoms with van der Waals surface area (Å²) in [7, 11) is 0. The van der Waals surface area contributed by atoms with Gasteiger partial charge >= 0.3 is 0 Å². The summed E-state index contributed by atoms with van der Waals surface area (Å²) in [5, 5.41) is 3.52. The van der Waals surface area contributed by atoms with Crippen LogP contribution in [0, 0.1) is 0 Å². The zero-order valence-corrected chi connectivity index (χ0v) is 11.5. The highest BCUT2D eigenvalue weighted by atomic mass is 35.5. The van der Waals surface area contributed by atoms with Gasteiger partial charge in [-0.05, 0) is 31.0 Å². The standard InChI is InChI=1S/C14H19ClN2O2/c15-10-4-3-5-11(8-10)19-9-14(18)17-13-7-2-1-6-12(13)16/h3-5,8,12-13H,1-2,6-7,9,16H2,(H,17,18)/t12-,13-/m1/s1. The van der Waals surface area contributed by atoms with E-state index in [1.807, 2.05) is 0 Å². The third kappa shape index (κ3) is 4.40. The van der Waals surface area contributed by atoms with Crippen molar-refractivity contribution in [3.05, 3.63) is 29.3 Å². The third-order valence-electron chi connectivity index (χ3n) is 3.33. The summed E-state index contributed by atoms with van der Waals surface area (Å²) in [5.74, 6) is 0.456. The molecule has 0 radical (unpaired) electrons. The van der Waals surface area contributed by atoms with Gasteiger partial charge in [0.15, 0.2) is 6.61 Å². The molecule has 4 nitrogen and oxygen atoms in total. The lowest BCUT2D eigenvalue weighted by Gasteiger charge is -2.29. The Bertz CT molecular complexity index is 439. The van der Waals surface area contributed by atoms with Crippen molar-refractivity contribution in [2.75, 3.05) is 6.61 Å². The molecule has 5 heteroatoms. The second-order valence-electron chi connectivity index (χ2n) is 4.87. The monoisotopic (exact) mass is 282 g/mol. The summed E-state index contributed by atoms with van der Waals surface area (Å²) < 4.78 is 5.39. The number of carbonyl (C=O) groups is 1. The van der Waals surface area contributed by atoms with Crippen molar-refractivity contribution in [3.8, 4) is 5.75 Å². The number of hydrogen-bond acceptors (Lipinski definition) is 3. The fourth-order valence-corrected chi connectivity index (χ4v) is 2.47. The number of benzene rings is 1. The molecular formula is C14H19ClN2O2. The van der Waals surface area contributed by atoms with Gasteiger partial charge in [-0.2, -0.15) is 0 Å². The topological polar surface area (TPSA) is 64.3 Å². The first kappa shape index (κ1) is 14.2. The van der Waals surface area contributed by atoms with Crippen LogP contribution in [0.25, 0.3) is 0 Å². The van der Waals surface area contributed by atoms with E-state index in [0.717, 1.165) is 25.7 Å². The predicted octanol–water partition coefficient (Wildman–Crippen LogP) is 2.10. The molecule has 3 N–H and O–H groups in total. The van der Waals surface area contributed by atoms with E-state index in [0.29, 0.717) is 10.8 Å². The lowest BCUT2D eigenvalue weighted by molar-refractivity contribution is -0.124. The van der Waals surface area contributed by atoms with E-state index < -0.39 is 0 Å². The molecule has 19 heavy (non-hydrogen) atoms. The minimum Gasteiger partial charge on any atom is -0.484 e. The summed E-state index contributed by atoms with van der Waals surface area (Å²) in [4.78, 5) is 11.8. The van der Waals surface area contributed by atoms with Gasteiger partial charge in [0.25, 0.3) is 5.91 Å². The molecule has 0 spiro atoms. The molecule has 1 aliphatic carbocycles. The molecule has 0 aromatic heterocycles. The van der Waals surface area contributed by atoms with Gasteiger partial charge in [0, 0.05) is 17.1 Å². The Hall–Kier alpha value is -1.26. The highest BCUT2D eigenvalue weighted by molar-refractivity contribution is 6.30. The summed E-state index contributed by atoms with van der Waals surface area (Å²) in [6.07, 6.45) is 4.19. The van der Waals surface area contributed by atoms with E-state index in [2.05, 4.69) is 5.32 Å². The molecule has 1 fully saturated rings. The zero-order valence-electron chi connectivity index (χ0n) is 10.8. The molecule has 0 unspecified atom stereocenters. The molecule has 0 aliphatic heterocycles. The first-order chi connectivity index (χ1) is 9.15. The van der Waals surface area contributed by atoms with Crippen LogP contribution in [0.2, 0.25) is 5.02 Å². The second-order valence-corrected chi connectivity index (χ2v) is 5.30. The molecular weight excluding hydrogens is 264 g/mol. The van der Waals surface area contributed by atoms with Crippen molar-refractivity contribution >= 4 is 17.5 Å². The fourth-order valence-electron chi connectivity index (χ4n) is 2.29. The van der Waals surface area contributed by atoms with E-state index in [1.165, 1.54) is 0 Å². The van der Waals surface area contributed by atoms with Crippen LogP contribution in [-0.2, 0) is 4.79 Å². The first-order valence-electron chi connectivity index (χ1n) is 6.58. The number of carbonyl (C=O) groups excluding carboxylic acids is 1. The number of halogens is 1. The minimum absolute atomic E-state index is 0.0104. The third-order valence-corrected chi connectivity index (χ3v) is 3.57. The molecule has 1 aliphatic rings. The quantitative estimate of drug-likeness (QED) is 0.889. The Morgan fingerprint density at radius 3 is 2.95 bits per heavy atom. The van der Waals surface area contributed by atoms with Crippen LogP contribution in [0.1, 0.15) is 25.7 Å². The molecule has 104 valence electrons. The van der Waals surface area contributed by atoms with Crippen LogP contribution in [0.3, 0.4) is 0 Å². The number of hydrogen-bond donors (Lipinski definition) is 2. The highest BCUT2D eigenvalue weighted by Crippen LogP contribution is 2.18. The molecule has 1 aromatic carbocycles. The Morgan fingerprint density at radius 2 is 2.21 bits per heavy atom. The van der Waals surface area contributed by atoms with Crippen LogP contribution in [0.5, 0.6) is 5.75 Å². The molecule has 0 saturated heterocycles. The van der Waals surface area contributed by atoms with Gasteiger partial charge in [-0.15, -0.1) is 0 Å². The molecule has 1 saturated carbocycles. The van der Waals surface area contributed by atoms with Crippen molar-refractivity contribution in [1.82, 2.24) is 5.32 Å². The molecule has 1 aromatic rings. The molecule has 2 atom stereocenters. The van der Waals surface area contributed by atoms with E-state index in [-0.39, 0.29) is 24.6 Å². The van der Waals surface area contributed by atoms with Gasteiger partial charge < -0.3 is 15.8 Å². The number of amides is 1. The van der Waals surface area contributed by atoms with Crippen molar-refractivity contribution in [1.29, 1.82) is 0 Å². The van der Waals surface area contributed by atoms with Crippen molar-refractivity contribution in [2.24, 2.45) is 5.73 Å². The summed E-state index contributed by atoms with van der Waals surface area (Å²) in [6.45, 7) is -0.0104. The average Bonchev–Trinajstić information content (AvgIpc) is 2.39. The Morgan fingerprint density at radius 1 is 1.42 bits per heavy atom. The number of ether oxygens (including phenoxy) is 1. The van der Waals surface area contributed by atoms with E-state index >= 15 is 0 Å². The Balaban J connectivity index is 1.78. The van der Waals surface area contributed by atoms with Crippen molar-refractivity contribution < 1.29 is 9.53 Å². The summed E-state index contributed by atoms with van der Waals surface area (Å²) in [6, 6.07) is 7.13. The van der Waals surface area contributed by atoms with Crippen LogP contribution < -0.4 is 15.8 Å². The Labute approximate surface area is 118 Å². The van der Waals surface area contributed by atoms with Crippen LogP contribution >= 0.6 is 11.6 Å². The zero-order chi connectivity index (χ0) is 13.7. The maximum Gasteiger partial charge on any atom is 0.258 e. The Kier molecular flexibility index (Phi) is 5.05. The normalized spacial score (nSPS) is 22.8.